The zero-order valence-corrected chi connectivity index (χ0v) is 50.0. The number of hydrogen-bond donors (Lipinski definition) is 3. The van der Waals surface area contributed by atoms with E-state index in [9.17, 15) is 19.4 Å². The number of unbranched alkanes of at least 4 members (excludes halogenated alkanes) is 31. The quantitative estimate of drug-likeness (QED) is 0.0243. The number of carbonyl (C=O) groups is 1. The summed E-state index contributed by atoms with van der Waals surface area (Å²) in [7, 11) is 1.54. The number of rotatable bonds is 56. The maximum absolute atomic E-state index is 13.0. The molecule has 3 unspecified atom stereocenters. The van der Waals surface area contributed by atoms with Crippen LogP contribution in [0.2, 0.25) is 0 Å². The van der Waals surface area contributed by atoms with Crippen LogP contribution in [0.4, 0.5) is 0 Å². The minimum absolute atomic E-state index is 0.0507. The van der Waals surface area contributed by atoms with E-state index in [0.717, 1.165) is 70.6 Å². The molecule has 0 aromatic heterocycles. The van der Waals surface area contributed by atoms with E-state index in [0.29, 0.717) is 17.4 Å². The Morgan fingerprint density at radius 3 is 1.24 bits per heavy atom. The van der Waals surface area contributed by atoms with Gasteiger partial charge < -0.3 is 19.8 Å². The molecule has 0 aromatic rings. The van der Waals surface area contributed by atoms with Crippen molar-refractivity contribution in [2.45, 2.75) is 283 Å². The summed E-state index contributed by atoms with van der Waals surface area (Å²) in [6.45, 7) is 4.69. The van der Waals surface area contributed by atoms with Crippen LogP contribution in [-0.4, -0.2) is 73.4 Å². The van der Waals surface area contributed by atoms with Crippen molar-refractivity contribution in [3.63, 3.8) is 0 Å². The van der Waals surface area contributed by atoms with Gasteiger partial charge in [0.15, 0.2) is 0 Å². The van der Waals surface area contributed by atoms with E-state index in [4.69, 9.17) is 9.05 Å². The third kappa shape index (κ3) is 57.4. The molecule has 74 heavy (non-hydrogen) atoms. The van der Waals surface area contributed by atoms with Gasteiger partial charge in [-0.1, -0.05) is 266 Å². The number of amides is 1. The third-order valence-electron chi connectivity index (χ3n) is 13.6. The lowest BCUT2D eigenvalue weighted by atomic mass is 10.0. The predicted molar refractivity (Wildman–Crippen MR) is 323 cm³/mol. The molecule has 1 amide bonds. The summed E-state index contributed by atoms with van der Waals surface area (Å²) in [6, 6.07) is -0.875. The molecule has 0 aliphatic heterocycles. The smallest absolute Gasteiger partial charge is 0.387 e. The maximum Gasteiger partial charge on any atom is 0.472 e. The molecular weight excluding hydrogens is 936 g/mol. The highest BCUT2D eigenvalue weighted by molar-refractivity contribution is 7.47. The second-order valence-corrected chi connectivity index (χ2v) is 23.5. The Kier molecular flexibility index (Phi) is 53.7. The first-order valence-corrected chi connectivity index (χ1v) is 32.5. The zero-order chi connectivity index (χ0) is 54.2. The van der Waals surface area contributed by atoms with Crippen molar-refractivity contribution >= 4 is 13.7 Å². The van der Waals surface area contributed by atoms with E-state index in [1.54, 1.807) is 6.08 Å². The minimum Gasteiger partial charge on any atom is -0.387 e. The van der Waals surface area contributed by atoms with Crippen molar-refractivity contribution < 1.29 is 32.9 Å². The van der Waals surface area contributed by atoms with Gasteiger partial charge in [-0.2, -0.15) is 0 Å². The Morgan fingerprint density at radius 1 is 0.473 bits per heavy atom. The molecular formula is C65H120N2O6P+. The van der Waals surface area contributed by atoms with E-state index in [2.05, 4.69) is 92.1 Å². The van der Waals surface area contributed by atoms with Crippen molar-refractivity contribution in [1.29, 1.82) is 0 Å². The molecule has 0 aliphatic rings. The second-order valence-electron chi connectivity index (χ2n) is 22.0. The number of likely N-dealkylation sites (N-methyl/N-ethyl adjacent to an activating group) is 1. The van der Waals surface area contributed by atoms with Gasteiger partial charge in [-0.25, -0.2) is 4.57 Å². The average molecular weight is 1060 g/mol. The van der Waals surface area contributed by atoms with Crippen LogP contribution >= 0.6 is 7.82 Å². The molecule has 0 rings (SSSR count). The van der Waals surface area contributed by atoms with Gasteiger partial charge in [-0.15, -0.1) is 0 Å². The van der Waals surface area contributed by atoms with Gasteiger partial charge in [0, 0.05) is 6.42 Å². The van der Waals surface area contributed by atoms with Crippen LogP contribution in [0.15, 0.2) is 85.1 Å². The van der Waals surface area contributed by atoms with Gasteiger partial charge >= 0.3 is 7.82 Å². The number of nitrogens with zero attached hydrogens (tertiary/aromatic N) is 1. The summed E-state index contributed by atoms with van der Waals surface area (Å²) < 4.78 is 23.7. The molecule has 430 valence electrons. The molecule has 8 nitrogen and oxygen atoms in total. The van der Waals surface area contributed by atoms with Crippen molar-refractivity contribution in [2.75, 3.05) is 40.9 Å². The number of allylic oxidation sites excluding steroid dienone is 13. The first-order valence-electron chi connectivity index (χ1n) is 31.0. The molecule has 9 heteroatoms. The molecule has 0 fully saturated rings. The maximum atomic E-state index is 13.0. The van der Waals surface area contributed by atoms with E-state index in [1.807, 2.05) is 27.2 Å². The number of nitrogens with one attached hydrogen (secondary N) is 1. The highest BCUT2D eigenvalue weighted by atomic mass is 31.2. The highest BCUT2D eigenvalue weighted by Gasteiger charge is 2.27. The zero-order valence-electron chi connectivity index (χ0n) is 49.1. The fourth-order valence-electron chi connectivity index (χ4n) is 8.77. The standard InChI is InChI=1S/C65H119N2O6P/c1-6-8-10-12-14-16-18-20-22-24-26-28-30-32-33-35-37-39-41-43-45-47-49-51-53-55-57-59-65(69)66-63(62-73-74(70,71)72-61-60-67(3,4)5)64(68)58-56-54-52-50-48-46-44-42-40-38-36-34-31-29-27-25-23-21-19-17-15-13-11-9-7-2/h8,10,14,16,20,22,26,28,40,42,48,50,56,58,63-64,68H,6-7,9,11-13,15,17-19,21,23-25,27,29-39,41,43-47,49,51-55,57,59-62H2,1-5H3,(H-,66,69,70,71)/p+1/b10-8-,16-14-,22-20-,28-26-,42-40+,50-48+,58-56+. The molecule has 0 aromatic carbocycles. The fraction of sp³-hybridized carbons (Fsp3) is 0.769. The van der Waals surface area contributed by atoms with Crippen LogP contribution in [0.1, 0.15) is 271 Å². The van der Waals surface area contributed by atoms with Gasteiger partial charge in [0.1, 0.15) is 13.2 Å². The Morgan fingerprint density at radius 2 is 0.824 bits per heavy atom. The van der Waals surface area contributed by atoms with Crippen molar-refractivity contribution in [3.05, 3.63) is 85.1 Å². The summed E-state index contributed by atoms with van der Waals surface area (Å²) in [5.41, 5.74) is 0. The first-order chi connectivity index (χ1) is 36.0. The summed E-state index contributed by atoms with van der Waals surface area (Å²) in [4.78, 5) is 23.3. The fourth-order valence-corrected chi connectivity index (χ4v) is 9.51. The summed E-state index contributed by atoms with van der Waals surface area (Å²) in [5.74, 6) is -0.192. The van der Waals surface area contributed by atoms with Gasteiger partial charge in [-0.05, 0) is 83.5 Å². The Hall–Kier alpha value is -2.32. The second kappa shape index (κ2) is 55.4. The Labute approximate surface area is 458 Å². The molecule has 3 atom stereocenters. The number of quaternary nitrogens is 1. The van der Waals surface area contributed by atoms with Gasteiger partial charge in [0.2, 0.25) is 5.91 Å². The monoisotopic (exact) mass is 1060 g/mol. The largest absolute Gasteiger partial charge is 0.472 e. The number of carbonyl (C=O) groups excluding carboxylic acids is 1. The number of hydrogen-bond acceptors (Lipinski definition) is 5. The average Bonchev–Trinajstić information content (AvgIpc) is 3.36. The normalized spacial score (nSPS) is 14.4. The molecule has 0 saturated carbocycles. The molecule has 0 spiro atoms. The summed E-state index contributed by atoms with van der Waals surface area (Å²) in [6.07, 6.45) is 78.4. The third-order valence-corrected chi connectivity index (χ3v) is 14.6. The predicted octanol–water partition coefficient (Wildman–Crippen LogP) is 19.2. The van der Waals surface area contributed by atoms with Crippen LogP contribution in [0.5, 0.6) is 0 Å². The van der Waals surface area contributed by atoms with E-state index >= 15 is 0 Å². The first kappa shape index (κ1) is 71.7. The minimum atomic E-state index is -4.37. The highest BCUT2D eigenvalue weighted by Crippen LogP contribution is 2.43. The van der Waals surface area contributed by atoms with Crippen LogP contribution in [0, 0.1) is 0 Å². The SMILES string of the molecule is CC/C=C\C/C=C\C/C=C\C/C=C\CCCCCCCCCCCCCCCCC(=O)NC(COP(=O)(O)OCC[N+](C)(C)C)C(O)/C=C/CC/C=C/CC/C=C/CCCCCCCCCCCCCCCCC. The Balaban J connectivity index is 4.23. The molecule has 0 aliphatic carbocycles. The van der Waals surface area contributed by atoms with Gasteiger partial charge in [0.05, 0.1) is 39.9 Å². The molecule has 0 bridgehead atoms. The summed E-state index contributed by atoms with van der Waals surface area (Å²) in [5, 5.41) is 13.9. The van der Waals surface area contributed by atoms with Crippen LogP contribution in [-0.2, 0) is 18.4 Å². The van der Waals surface area contributed by atoms with Crippen LogP contribution < -0.4 is 5.32 Å². The van der Waals surface area contributed by atoms with Gasteiger partial charge in [-0.3, -0.25) is 13.8 Å². The van der Waals surface area contributed by atoms with E-state index in [-0.39, 0.29) is 19.1 Å². The number of phosphoric acid groups is 1. The number of phosphoric ester groups is 1. The van der Waals surface area contributed by atoms with Crippen molar-refractivity contribution in [3.8, 4) is 0 Å². The van der Waals surface area contributed by atoms with Gasteiger partial charge in [0.25, 0.3) is 0 Å². The number of aliphatic hydroxyl groups is 1. The molecule has 0 saturated heterocycles. The van der Waals surface area contributed by atoms with Crippen LogP contribution in [0.3, 0.4) is 0 Å². The summed E-state index contributed by atoms with van der Waals surface area (Å²) >= 11 is 0. The van der Waals surface area contributed by atoms with E-state index in [1.165, 1.54) is 180 Å². The Bertz CT molecular complexity index is 1480. The lowest BCUT2D eigenvalue weighted by Gasteiger charge is -2.25. The van der Waals surface area contributed by atoms with Crippen molar-refractivity contribution in [1.82, 2.24) is 5.32 Å². The topological polar surface area (TPSA) is 105 Å². The van der Waals surface area contributed by atoms with Crippen molar-refractivity contribution in [2.24, 2.45) is 0 Å². The number of aliphatic hydroxyl groups excluding tert-OH is 1. The molecule has 3 N–H and O–H groups in total. The lowest BCUT2D eigenvalue weighted by Crippen LogP contribution is -2.45. The molecule has 0 radical (unpaired) electrons. The van der Waals surface area contributed by atoms with Crippen LogP contribution in [0.25, 0.3) is 0 Å². The molecule has 0 heterocycles. The van der Waals surface area contributed by atoms with E-state index < -0.39 is 20.0 Å². The lowest BCUT2D eigenvalue weighted by molar-refractivity contribution is -0.870.